The molecule has 0 saturated heterocycles. The summed E-state index contributed by atoms with van der Waals surface area (Å²) in [7, 11) is 3.25. The maximum atomic E-state index is 13.3. The maximum absolute atomic E-state index is 13.3. The van der Waals surface area contributed by atoms with Gasteiger partial charge in [0.1, 0.15) is 17.3 Å². The molecule has 0 aliphatic carbocycles. The van der Waals surface area contributed by atoms with Crippen molar-refractivity contribution >= 4 is 24.0 Å². The van der Waals surface area contributed by atoms with E-state index in [2.05, 4.69) is 5.32 Å². The Morgan fingerprint density at radius 3 is 2.50 bits per heavy atom. The van der Waals surface area contributed by atoms with Gasteiger partial charge in [0.25, 0.3) is 0 Å². The van der Waals surface area contributed by atoms with Crippen molar-refractivity contribution in [3.8, 4) is 22.8 Å². The van der Waals surface area contributed by atoms with E-state index < -0.39 is 5.82 Å². The zero-order chi connectivity index (χ0) is 19.2. The highest BCUT2D eigenvalue weighted by molar-refractivity contribution is 6.31. The average Bonchev–Trinajstić information content (AvgIpc) is 3.16. The van der Waals surface area contributed by atoms with Gasteiger partial charge in [-0.25, -0.2) is 4.39 Å². The SMILES string of the molecule is COc1ccc(CCNCc2ccc(-c3ccc(F)c(Cl)c3)o2)cc1OC.Cl. The van der Waals surface area contributed by atoms with Gasteiger partial charge in [-0.15, -0.1) is 12.4 Å². The van der Waals surface area contributed by atoms with Crippen molar-refractivity contribution in [1.29, 1.82) is 0 Å². The first-order valence-electron chi connectivity index (χ1n) is 8.56. The van der Waals surface area contributed by atoms with Crippen LogP contribution in [0.4, 0.5) is 4.39 Å². The standard InChI is InChI=1S/C21H21ClFNO3.ClH/c1-25-20-7-3-14(11-21(20)26-2)9-10-24-13-16-5-8-19(27-16)15-4-6-18(23)17(22)12-15;/h3-8,11-12,24H,9-10,13H2,1-2H3;1H. The Labute approximate surface area is 175 Å². The Morgan fingerprint density at radius 1 is 1.00 bits per heavy atom. The molecule has 1 aromatic heterocycles. The molecule has 150 valence electrons. The van der Waals surface area contributed by atoms with E-state index in [0.29, 0.717) is 12.3 Å². The molecule has 0 aliphatic rings. The van der Waals surface area contributed by atoms with Gasteiger partial charge in [0.05, 0.1) is 25.8 Å². The van der Waals surface area contributed by atoms with Crippen LogP contribution in [-0.2, 0) is 13.0 Å². The normalized spacial score (nSPS) is 10.4. The van der Waals surface area contributed by atoms with Gasteiger partial charge in [-0.3, -0.25) is 0 Å². The Hall–Kier alpha value is -2.21. The number of rotatable bonds is 8. The lowest BCUT2D eigenvalue weighted by atomic mass is 10.1. The molecular weight excluding hydrogens is 404 g/mol. The lowest BCUT2D eigenvalue weighted by Crippen LogP contribution is -2.16. The second kappa shape index (κ2) is 10.4. The Balaban J connectivity index is 0.00000280. The van der Waals surface area contributed by atoms with E-state index >= 15 is 0 Å². The predicted molar refractivity (Wildman–Crippen MR) is 111 cm³/mol. The van der Waals surface area contributed by atoms with Crippen LogP contribution in [0, 0.1) is 5.82 Å². The minimum Gasteiger partial charge on any atom is -0.493 e. The smallest absolute Gasteiger partial charge is 0.160 e. The molecule has 0 aliphatic heterocycles. The van der Waals surface area contributed by atoms with Gasteiger partial charge in [-0.05, 0) is 61.0 Å². The first-order valence-corrected chi connectivity index (χ1v) is 8.94. The summed E-state index contributed by atoms with van der Waals surface area (Å²) in [6, 6.07) is 14.2. The molecule has 0 atom stereocenters. The Kier molecular flexibility index (Phi) is 8.18. The minimum absolute atomic E-state index is 0. The summed E-state index contributed by atoms with van der Waals surface area (Å²) in [5, 5.41) is 3.43. The molecule has 28 heavy (non-hydrogen) atoms. The fourth-order valence-electron chi connectivity index (χ4n) is 2.76. The van der Waals surface area contributed by atoms with Crippen LogP contribution < -0.4 is 14.8 Å². The quantitative estimate of drug-likeness (QED) is 0.483. The first kappa shape index (κ1) is 22.1. The van der Waals surface area contributed by atoms with Crippen LogP contribution in [0.5, 0.6) is 11.5 Å². The molecule has 0 saturated carbocycles. The van der Waals surface area contributed by atoms with Crippen LogP contribution in [0.15, 0.2) is 52.9 Å². The van der Waals surface area contributed by atoms with Gasteiger partial charge in [0, 0.05) is 5.56 Å². The summed E-state index contributed by atoms with van der Waals surface area (Å²) in [4.78, 5) is 0. The summed E-state index contributed by atoms with van der Waals surface area (Å²) in [6.45, 7) is 1.39. The van der Waals surface area contributed by atoms with E-state index in [1.165, 1.54) is 6.07 Å². The number of ether oxygens (including phenoxy) is 2. The molecule has 1 heterocycles. The highest BCUT2D eigenvalue weighted by atomic mass is 35.5. The van der Waals surface area contributed by atoms with Crippen molar-refractivity contribution in [2.75, 3.05) is 20.8 Å². The van der Waals surface area contributed by atoms with Crippen molar-refractivity contribution in [1.82, 2.24) is 5.32 Å². The molecule has 7 heteroatoms. The molecule has 0 unspecified atom stereocenters. The van der Waals surface area contributed by atoms with Crippen LogP contribution in [0.25, 0.3) is 11.3 Å². The molecule has 4 nitrogen and oxygen atoms in total. The molecule has 0 bridgehead atoms. The van der Waals surface area contributed by atoms with Crippen LogP contribution in [0.1, 0.15) is 11.3 Å². The maximum Gasteiger partial charge on any atom is 0.160 e. The lowest BCUT2D eigenvalue weighted by Gasteiger charge is -2.09. The topological polar surface area (TPSA) is 43.6 Å². The third kappa shape index (κ3) is 5.41. The van der Waals surface area contributed by atoms with Gasteiger partial charge in [-0.1, -0.05) is 17.7 Å². The second-order valence-electron chi connectivity index (χ2n) is 6.01. The highest BCUT2D eigenvalue weighted by Gasteiger charge is 2.08. The van der Waals surface area contributed by atoms with Crippen molar-refractivity contribution in [2.45, 2.75) is 13.0 Å². The summed E-state index contributed by atoms with van der Waals surface area (Å²) >= 11 is 5.83. The van der Waals surface area contributed by atoms with Crippen molar-refractivity contribution in [3.05, 3.63) is 70.7 Å². The number of hydrogen-bond donors (Lipinski definition) is 1. The lowest BCUT2D eigenvalue weighted by molar-refractivity contribution is 0.354. The molecule has 1 N–H and O–H groups in total. The fraction of sp³-hybridized carbons (Fsp3) is 0.238. The Morgan fingerprint density at radius 2 is 1.79 bits per heavy atom. The van der Waals surface area contributed by atoms with Gasteiger partial charge < -0.3 is 19.2 Å². The zero-order valence-electron chi connectivity index (χ0n) is 15.6. The summed E-state index contributed by atoms with van der Waals surface area (Å²) in [5.74, 6) is 2.47. The van der Waals surface area contributed by atoms with Gasteiger partial charge in [-0.2, -0.15) is 0 Å². The summed E-state index contributed by atoms with van der Waals surface area (Å²) in [5.41, 5.74) is 1.90. The molecule has 2 aromatic carbocycles. The number of methoxy groups -OCH3 is 2. The Bertz CT molecular complexity index is 914. The van der Waals surface area contributed by atoms with E-state index in [-0.39, 0.29) is 17.4 Å². The number of halogens is 3. The zero-order valence-corrected chi connectivity index (χ0v) is 17.2. The average molecular weight is 426 g/mol. The summed E-state index contributed by atoms with van der Waals surface area (Å²) < 4.78 is 29.6. The van der Waals surface area contributed by atoms with Crippen LogP contribution >= 0.6 is 24.0 Å². The highest BCUT2D eigenvalue weighted by Crippen LogP contribution is 2.28. The first-order chi connectivity index (χ1) is 13.1. The second-order valence-corrected chi connectivity index (χ2v) is 6.42. The molecule has 0 fully saturated rings. The van der Waals surface area contributed by atoms with E-state index in [9.17, 15) is 4.39 Å². The van der Waals surface area contributed by atoms with Crippen LogP contribution in [-0.4, -0.2) is 20.8 Å². The molecule has 0 spiro atoms. The third-order valence-corrected chi connectivity index (χ3v) is 4.49. The van der Waals surface area contributed by atoms with E-state index in [1.54, 1.807) is 26.4 Å². The van der Waals surface area contributed by atoms with Crippen molar-refractivity contribution < 1.29 is 18.3 Å². The largest absolute Gasteiger partial charge is 0.493 e. The third-order valence-electron chi connectivity index (χ3n) is 4.20. The minimum atomic E-state index is -0.441. The molecule has 0 amide bonds. The van der Waals surface area contributed by atoms with Gasteiger partial charge in [0.15, 0.2) is 11.5 Å². The van der Waals surface area contributed by atoms with Crippen LogP contribution in [0.2, 0.25) is 5.02 Å². The van der Waals surface area contributed by atoms with Gasteiger partial charge in [0.2, 0.25) is 0 Å². The molecular formula is C21H22Cl2FNO3. The van der Waals surface area contributed by atoms with E-state index in [1.807, 2.05) is 30.3 Å². The number of nitrogens with one attached hydrogen (secondary N) is 1. The summed E-state index contributed by atoms with van der Waals surface area (Å²) in [6.07, 6.45) is 0.849. The van der Waals surface area contributed by atoms with E-state index in [4.69, 9.17) is 25.5 Å². The van der Waals surface area contributed by atoms with E-state index in [0.717, 1.165) is 41.4 Å². The molecule has 3 aromatic rings. The number of benzene rings is 2. The monoisotopic (exact) mass is 425 g/mol. The van der Waals surface area contributed by atoms with Gasteiger partial charge >= 0.3 is 0 Å². The molecule has 0 radical (unpaired) electrons. The fourth-order valence-corrected chi connectivity index (χ4v) is 2.94. The number of furan rings is 1. The predicted octanol–water partition coefficient (Wildman–Crippen LogP) is 5.51. The van der Waals surface area contributed by atoms with Crippen molar-refractivity contribution in [3.63, 3.8) is 0 Å². The molecule has 3 rings (SSSR count). The van der Waals surface area contributed by atoms with Crippen molar-refractivity contribution in [2.24, 2.45) is 0 Å². The van der Waals surface area contributed by atoms with Crippen LogP contribution in [0.3, 0.4) is 0 Å². The number of hydrogen-bond acceptors (Lipinski definition) is 4.